The lowest BCUT2D eigenvalue weighted by atomic mass is 9.97. The van der Waals surface area contributed by atoms with Gasteiger partial charge in [0.1, 0.15) is 36.3 Å². The van der Waals surface area contributed by atoms with Gasteiger partial charge in [-0.2, -0.15) is 18.4 Å². The third kappa shape index (κ3) is 11.8. The second-order valence-corrected chi connectivity index (χ2v) is 20.7. The summed E-state index contributed by atoms with van der Waals surface area (Å²) in [5, 5.41) is 20.0. The van der Waals surface area contributed by atoms with Crippen molar-refractivity contribution in [2.45, 2.75) is 90.3 Å². The monoisotopic (exact) mass is 1060 g/mol. The highest BCUT2D eigenvalue weighted by Gasteiger charge is 2.51. The second-order valence-electron chi connectivity index (χ2n) is 19.4. The van der Waals surface area contributed by atoms with Crippen molar-refractivity contribution < 1.29 is 51.6 Å². The molecule has 0 saturated carbocycles. The van der Waals surface area contributed by atoms with E-state index in [1.165, 1.54) is 17.4 Å². The van der Waals surface area contributed by atoms with Gasteiger partial charge in [0, 0.05) is 42.9 Å². The number of nitrogens with zero attached hydrogens (tertiary/aromatic N) is 6. The third-order valence-electron chi connectivity index (χ3n) is 13.7. The number of Topliss-reactive ketones (excluding diaryl/α,β-unsaturated/α-hetero) is 1. The molecular weight excluding hydrogens is 1010 g/mol. The van der Waals surface area contributed by atoms with Crippen LogP contribution in [-0.4, -0.2) is 113 Å². The molecule has 14 nitrogen and oxygen atoms in total. The van der Waals surface area contributed by atoms with E-state index >= 15 is 0 Å². The molecule has 3 atom stereocenters. The van der Waals surface area contributed by atoms with Crippen molar-refractivity contribution >= 4 is 63.3 Å². The maximum absolute atomic E-state index is 14.4. The molecule has 3 aliphatic heterocycles. The first kappa shape index (κ1) is 54.6. The molecule has 4 heterocycles. The molecule has 1 aromatic heterocycles. The quantitative estimate of drug-likeness (QED) is 0.0548. The zero-order valence-electron chi connectivity index (χ0n) is 42.4. The van der Waals surface area contributed by atoms with E-state index < -0.39 is 46.9 Å². The van der Waals surface area contributed by atoms with Gasteiger partial charge in [-0.25, -0.2) is 4.98 Å². The highest BCUT2D eigenvalue weighted by atomic mass is 32.1. The number of β-amino-alcohol motifs (C(OH)–C–C–N with tert-alkyl or cyclic N) is 1. The van der Waals surface area contributed by atoms with Crippen LogP contribution in [0.4, 0.5) is 24.5 Å². The molecule has 75 heavy (non-hydrogen) atoms. The van der Waals surface area contributed by atoms with Crippen LogP contribution in [0.2, 0.25) is 0 Å². The fourth-order valence-electron chi connectivity index (χ4n) is 9.89. The summed E-state index contributed by atoms with van der Waals surface area (Å²) in [5.41, 5.74) is 4.82. The summed E-state index contributed by atoms with van der Waals surface area (Å²) in [7, 11) is 0. The molecule has 0 unspecified atom stereocenters. The number of carbonyl (C=O) groups is 3. The maximum atomic E-state index is 14.4. The number of halogens is 3. The van der Waals surface area contributed by atoms with Crippen LogP contribution in [0, 0.1) is 24.2 Å². The molecule has 2 amide bonds. The van der Waals surface area contributed by atoms with Crippen LogP contribution in [0.1, 0.15) is 74.0 Å². The van der Waals surface area contributed by atoms with Gasteiger partial charge in [-0.05, 0) is 111 Å². The van der Waals surface area contributed by atoms with Crippen molar-refractivity contribution in [1.29, 1.82) is 5.26 Å². The normalized spacial score (nSPS) is 17.7. The number of thiocarbonyl (C=S) groups is 1. The maximum Gasteiger partial charge on any atom is 0.417 e. The van der Waals surface area contributed by atoms with E-state index in [0.29, 0.717) is 43.4 Å². The average molecular weight is 1070 g/mol. The Bertz CT molecular complexity index is 2990. The van der Waals surface area contributed by atoms with Crippen LogP contribution in [0.5, 0.6) is 11.5 Å². The predicted molar refractivity (Wildman–Crippen MR) is 283 cm³/mol. The minimum absolute atomic E-state index is 0.0130. The average Bonchev–Trinajstić information content (AvgIpc) is 4.13. The van der Waals surface area contributed by atoms with E-state index in [-0.39, 0.29) is 74.2 Å². The largest absolute Gasteiger partial charge is 0.491 e. The molecule has 4 aromatic carbocycles. The number of ketones is 1. The Morgan fingerprint density at radius 2 is 1.64 bits per heavy atom. The number of hydrogen-bond donors (Lipinski definition) is 1. The van der Waals surface area contributed by atoms with Gasteiger partial charge in [0.05, 0.1) is 77.5 Å². The highest BCUT2D eigenvalue weighted by molar-refractivity contribution is 7.81. The number of nitriles is 1. The van der Waals surface area contributed by atoms with Crippen molar-refractivity contribution in [2.75, 3.05) is 56.0 Å². The van der Waals surface area contributed by atoms with E-state index in [1.54, 1.807) is 59.5 Å². The summed E-state index contributed by atoms with van der Waals surface area (Å²) < 4.78 is 65.0. The van der Waals surface area contributed by atoms with E-state index in [4.69, 9.17) is 31.2 Å². The minimum atomic E-state index is -4.81. The summed E-state index contributed by atoms with van der Waals surface area (Å²) in [6.45, 7) is 15.7. The van der Waals surface area contributed by atoms with Gasteiger partial charge in [0.15, 0.2) is 10.9 Å². The number of amides is 2. The van der Waals surface area contributed by atoms with Gasteiger partial charge in [-0.1, -0.05) is 56.8 Å². The fourth-order valence-corrected chi connectivity index (χ4v) is 11.2. The fraction of sp³-hybridized carbons (Fsp3) is 0.393. The first-order valence-electron chi connectivity index (χ1n) is 24.7. The second kappa shape index (κ2) is 23.1. The molecule has 0 spiro atoms. The van der Waals surface area contributed by atoms with Gasteiger partial charge in [-0.3, -0.25) is 19.3 Å². The summed E-state index contributed by atoms with van der Waals surface area (Å²) in [6, 6.07) is 24.0. The van der Waals surface area contributed by atoms with Crippen molar-refractivity contribution in [3.8, 4) is 28.0 Å². The lowest BCUT2D eigenvalue weighted by Gasteiger charge is -2.36. The van der Waals surface area contributed by atoms with Crippen molar-refractivity contribution in [2.24, 2.45) is 5.92 Å². The number of aromatic nitrogens is 1. The molecule has 0 radical (unpaired) electrons. The van der Waals surface area contributed by atoms with E-state index in [1.807, 2.05) is 68.1 Å². The number of aliphatic hydroxyl groups is 1. The summed E-state index contributed by atoms with van der Waals surface area (Å²) in [4.78, 5) is 53.7. The summed E-state index contributed by atoms with van der Waals surface area (Å²) >= 11 is 7.17. The van der Waals surface area contributed by atoms with Gasteiger partial charge in [0.25, 0.3) is 5.91 Å². The zero-order chi connectivity index (χ0) is 53.8. The molecule has 1 N–H and O–H groups in total. The van der Waals surface area contributed by atoms with E-state index in [0.717, 1.165) is 55.6 Å². The van der Waals surface area contributed by atoms with Crippen molar-refractivity contribution in [3.63, 3.8) is 0 Å². The Kier molecular flexibility index (Phi) is 16.8. The van der Waals surface area contributed by atoms with Gasteiger partial charge >= 0.3 is 6.18 Å². The first-order valence-corrected chi connectivity index (χ1v) is 26.0. The first-order chi connectivity index (χ1) is 35.8. The highest BCUT2D eigenvalue weighted by Crippen LogP contribution is 2.41. The smallest absolute Gasteiger partial charge is 0.417 e. The predicted octanol–water partition coefficient (Wildman–Crippen LogP) is 9.39. The van der Waals surface area contributed by atoms with E-state index in [2.05, 4.69) is 11.6 Å². The molecule has 0 aliphatic carbocycles. The Balaban J connectivity index is 0.797. The van der Waals surface area contributed by atoms with Gasteiger partial charge < -0.3 is 38.8 Å². The number of carbonyl (C=O) groups excluding carboxylic acids is 3. The van der Waals surface area contributed by atoms with Crippen molar-refractivity contribution in [3.05, 3.63) is 131 Å². The summed E-state index contributed by atoms with van der Waals surface area (Å²) in [5.74, 6) is 0.216. The molecule has 0 bridgehead atoms. The van der Waals surface area contributed by atoms with Gasteiger partial charge in [0.2, 0.25) is 5.91 Å². The van der Waals surface area contributed by atoms with Crippen LogP contribution >= 0.6 is 23.6 Å². The van der Waals surface area contributed by atoms with Crippen LogP contribution in [-0.2, 0) is 43.0 Å². The molecular formula is C56H59F3N6O8S2. The molecule has 2 saturated heterocycles. The Morgan fingerprint density at radius 3 is 2.29 bits per heavy atom. The molecule has 394 valence electrons. The minimum Gasteiger partial charge on any atom is -0.491 e. The van der Waals surface area contributed by atoms with Crippen molar-refractivity contribution in [1.82, 2.24) is 14.8 Å². The molecule has 2 fully saturated rings. The number of anilines is 2. The lowest BCUT2D eigenvalue weighted by molar-refractivity contribution is -0.142. The summed E-state index contributed by atoms with van der Waals surface area (Å²) in [6.07, 6.45) is -4.93. The Morgan fingerprint density at radius 1 is 0.960 bits per heavy atom. The van der Waals surface area contributed by atoms with E-state index in [9.17, 15) is 37.9 Å². The number of alkyl halides is 3. The number of fused-ring (bicyclic) bond motifs is 1. The number of aliphatic hydroxyl groups excluding tert-OH is 1. The number of benzene rings is 4. The number of ether oxygens (including phenoxy) is 4. The van der Waals surface area contributed by atoms with Gasteiger partial charge in [-0.15, -0.1) is 11.3 Å². The number of hydrogen-bond acceptors (Lipinski definition) is 13. The Labute approximate surface area is 443 Å². The molecule has 8 rings (SSSR count). The Hall–Kier alpha value is -6.69. The van der Waals surface area contributed by atoms with Crippen LogP contribution in [0.3, 0.4) is 0 Å². The molecule has 5 aromatic rings. The van der Waals surface area contributed by atoms with Crippen LogP contribution in [0.25, 0.3) is 16.1 Å². The third-order valence-corrected chi connectivity index (χ3v) is 15.0. The van der Waals surface area contributed by atoms with Crippen LogP contribution in [0.15, 0.2) is 97.0 Å². The molecule has 3 aliphatic rings. The number of likely N-dealkylation sites (tertiary alicyclic amines) is 1. The van der Waals surface area contributed by atoms with Crippen LogP contribution < -0.4 is 19.3 Å². The number of aryl methyl sites for hydroxylation is 2. The number of rotatable bonds is 21. The molecule has 19 heteroatoms. The topological polar surface area (TPSA) is 158 Å². The standard InChI is InChI=1S/C56H59F3N6O8S2/c1-34(2)50(62-31-40-9-7-8-10-45(40)36(62)4)52(68)63-32-43(66)29-47(63)48(67)20-14-37-11-12-38(51-35(3)61-33-75-51)27-49(37)73-26-24-71-22-21-70-23-25-72-44-18-16-41(17-19-44)65-54(74)64(53(69)55(65,5)6)42-15-13-39(30-60)46(28-42)56(57,58)59/h7-13,15-19,27-28,33-34,43,47,50,66H,4,14,20-26,29,31-32H2,1-3,5-6H3/t43-,47+,50+/m1/s1. The lowest BCUT2D eigenvalue weighted by Crippen LogP contribution is -2.52. The number of thiazole rings is 1. The SMILES string of the molecule is C=C1c2ccccc2CN1[C@H](C(=O)N1C[C@H](O)C[C@H]1C(=O)CCc1ccc(-c2scnc2C)cc1OCCOCCOCCOc1ccc(N2C(=S)N(c3ccc(C#N)c(C(F)(F)F)c3)C(=O)C2(C)C)cc1)C(C)C. The zero-order valence-corrected chi connectivity index (χ0v) is 44.0.